The van der Waals surface area contributed by atoms with Gasteiger partial charge in [-0.2, -0.15) is 0 Å². The molecule has 0 aromatic heterocycles. The zero-order chi connectivity index (χ0) is 8.48. The molecule has 1 rings (SSSR count). The maximum atomic E-state index is 2.57. The van der Waals surface area contributed by atoms with Gasteiger partial charge in [-0.3, -0.25) is 4.90 Å². The molecule has 0 radical (unpaired) electrons. The van der Waals surface area contributed by atoms with E-state index in [1.54, 1.807) is 0 Å². The Balaban J connectivity index is 2.57. The molecule has 1 unspecified atom stereocenters. The molecule has 0 aromatic carbocycles. The third kappa shape index (κ3) is 2.12. The van der Waals surface area contributed by atoms with E-state index in [4.69, 9.17) is 0 Å². The van der Waals surface area contributed by atoms with Crippen molar-refractivity contribution in [1.29, 1.82) is 0 Å². The Labute approximate surface area is 74.5 Å². The number of thioether (sulfide) groups is 1. The summed E-state index contributed by atoms with van der Waals surface area (Å²) >= 11 is 2.11. The predicted molar refractivity (Wildman–Crippen MR) is 52.9 cm³/mol. The molecule has 0 bridgehead atoms. The third-order valence-electron chi connectivity index (χ3n) is 2.13. The molecule has 0 aromatic rings. The van der Waals surface area contributed by atoms with Gasteiger partial charge < -0.3 is 0 Å². The Bertz CT molecular complexity index is 128. The molecule has 2 heteroatoms. The van der Waals surface area contributed by atoms with E-state index in [1.807, 2.05) is 0 Å². The second-order valence-corrected chi connectivity index (χ2v) is 5.41. The summed E-state index contributed by atoms with van der Waals surface area (Å²) in [6.07, 6.45) is 0. The molecule has 0 aliphatic carbocycles. The van der Waals surface area contributed by atoms with Crippen LogP contribution in [0.2, 0.25) is 0 Å². The van der Waals surface area contributed by atoms with Crippen molar-refractivity contribution in [2.45, 2.75) is 33.1 Å². The number of rotatable bonds is 1. The maximum Gasteiger partial charge on any atom is 0.0606 e. The van der Waals surface area contributed by atoms with E-state index in [9.17, 15) is 0 Å². The van der Waals surface area contributed by atoms with Crippen LogP contribution in [0, 0.1) is 5.41 Å². The molecule has 1 saturated heterocycles. The van der Waals surface area contributed by atoms with Crippen LogP contribution in [0.3, 0.4) is 0 Å². The fourth-order valence-corrected chi connectivity index (χ4v) is 3.15. The molecule has 66 valence electrons. The highest BCUT2D eigenvalue weighted by Crippen LogP contribution is 2.36. The quantitative estimate of drug-likeness (QED) is 0.599. The summed E-state index contributed by atoms with van der Waals surface area (Å²) in [7, 11) is 0. The highest BCUT2D eigenvalue weighted by atomic mass is 32.2. The van der Waals surface area contributed by atoms with E-state index in [2.05, 4.69) is 44.4 Å². The Kier molecular flexibility index (Phi) is 2.87. The van der Waals surface area contributed by atoms with Crippen LogP contribution in [-0.4, -0.2) is 29.1 Å². The zero-order valence-corrected chi connectivity index (χ0v) is 8.87. The Morgan fingerprint density at radius 1 is 1.45 bits per heavy atom. The molecule has 0 saturated carbocycles. The van der Waals surface area contributed by atoms with E-state index in [-0.39, 0.29) is 0 Å². The fourth-order valence-electron chi connectivity index (χ4n) is 1.63. The summed E-state index contributed by atoms with van der Waals surface area (Å²) in [6.45, 7) is 11.7. The van der Waals surface area contributed by atoms with Crippen molar-refractivity contribution >= 4 is 11.8 Å². The first-order valence-electron chi connectivity index (χ1n) is 4.41. The van der Waals surface area contributed by atoms with Gasteiger partial charge in [-0.15, -0.1) is 11.8 Å². The van der Waals surface area contributed by atoms with Gasteiger partial charge >= 0.3 is 0 Å². The Morgan fingerprint density at radius 2 is 2.09 bits per heavy atom. The van der Waals surface area contributed by atoms with Gasteiger partial charge in [-0.1, -0.05) is 27.7 Å². The molecule has 1 heterocycles. The molecule has 0 amide bonds. The van der Waals surface area contributed by atoms with Crippen LogP contribution in [0.25, 0.3) is 0 Å². The van der Waals surface area contributed by atoms with Crippen molar-refractivity contribution < 1.29 is 0 Å². The second-order valence-electron chi connectivity index (χ2n) is 4.22. The van der Waals surface area contributed by atoms with E-state index in [0.29, 0.717) is 5.41 Å². The van der Waals surface area contributed by atoms with E-state index in [1.165, 1.54) is 18.8 Å². The van der Waals surface area contributed by atoms with Crippen LogP contribution in [0.1, 0.15) is 27.7 Å². The summed E-state index contributed by atoms with van der Waals surface area (Å²) in [6, 6.07) is 0. The molecule has 1 aliphatic heterocycles. The minimum absolute atomic E-state index is 0.442. The Morgan fingerprint density at radius 3 is 2.45 bits per heavy atom. The van der Waals surface area contributed by atoms with Crippen LogP contribution in [-0.2, 0) is 0 Å². The minimum Gasteiger partial charge on any atom is -0.290 e. The van der Waals surface area contributed by atoms with Crippen molar-refractivity contribution in [2.24, 2.45) is 5.41 Å². The smallest absolute Gasteiger partial charge is 0.0606 e. The molecule has 1 fully saturated rings. The second kappa shape index (κ2) is 3.36. The average molecular weight is 173 g/mol. The van der Waals surface area contributed by atoms with Gasteiger partial charge in [0, 0.05) is 12.3 Å². The van der Waals surface area contributed by atoms with Gasteiger partial charge in [0.2, 0.25) is 0 Å². The molecule has 0 N–H and O–H groups in total. The SMILES string of the molecule is CCN1CCSC1C(C)(C)C. The van der Waals surface area contributed by atoms with E-state index < -0.39 is 0 Å². The lowest BCUT2D eigenvalue weighted by Crippen LogP contribution is -2.37. The zero-order valence-electron chi connectivity index (χ0n) is 8.05. The molecule has 11 heavy (non-hydrogen) atoms. The van der Waals surface area contributed by atoms with Gasteiger partial charge in [0.05, 0.1) is 5.37 Å². The monoisotopic (exact) mass is 173 g/mol. The van der Waals surface area contributed by atoms with Crippen LogP contribution in [0.4, 0.5) is 0 Å². The summed E-state index contributed by atoms with van der Waals surface area (Å²) in [5.41, 5.74) is 0.442. The largest absolute Gasteiger partial charge is 0.290 e. The minimum atomic E-state index is 0.442. The highest BCUT2D eigenvalue weighted by molar-refractivity contribution is 8.00. The number of nitrogens with zero attached hydrogens (tertiary/aromatic N) is 1. The van der Waals surface area contributed by atoms with Gasteiger partial charge in [-0.25, -0.2) is 0 Å². The van der Waals surface area contributed by atoms with E-state index >= 15 is 0 Å². The van der Waals surface area contributed by atoms with E-state index in [0.717, 1.165) is 5.37 Å². The van der Waals surface area contributed by atoms with Crippen LogP contribution in [0.15, 0.2) is 0 Å². The molecular formula is C9H19NS. The standard InChI is InChI=1S/C9H19NS/c1-5-10-6-7-11-8(10)9(2,3)4/h8H,5-7H2,1-4H3. The summed E-state index contributed by atoms with van der Waals surface area (Å²) in [5, 5.41) is 0.743. The third-order valence-corrected chi connectivity index (χ3v) is 3.87. The van der Waals surface area contributed by atoms with Crippen molar-refractivity contribution in [1.82, 2.24) is 4.90 Å². The fraction of sp³-hybridized carbons (Fsp3) is 1.00. The molecule has 1 nitrogen and oxygen atoms in total. The Hall–Kier alpha value is 0.310. The van der Waals surface area contributed by atoms with Crippen LogP contribution < -0.4 is 0 Å². The van der Waals surface area contributed by atoms with Gasteiger partial charge in [0.1, 0.15) is 0 Å². The topological polar surface area (TPSA) is 3.24 Å². The van der Waals surface area contributed by atoms with Crippen molar-refractivity contribution in [3.63, 3.8) is 0 Å². The summed E-state index contributed by atoms with van der Waals surface area (Å²) in [5.74, 6) is 1.32. The lowest BCUT2D eigenvalue weighted by molar-refractivity contribution is 0.193. The average Bonchev–Trinajstić information content (AvgIpc) is 2.31. The van der Waals surface area contributed by atoms with Crippen molar-refractivity contribution in [3.8, 4) is 0 Å². The van der Waals surface area contributed by atoms with Crippen molar-refractivity contribution in [2.75, 3.05) is 18.8 Å². The lowest BCUT2D eigenvalue weighted by Gasteiger charge is -2.33. The maximum absolute atomic E-state index is 2.57. The van der Waals surface area contributed by atoms with Crippen molar-refractivity contribution in [3.05, 3.63) is 0 Å². The van der Waals surface area contributed by atoms with Gasteiger partial charge in [-0.05, 0) is 12.0 Å². The van der Waals surface area contributed by atoms with Gasteiger partial charge in [0.25, 0.3) is 0 Å². The molecule has 1 aliphatic rings. The van der Waals surface area contributed by atoms with Crippen LogP contribution >= 0.6 is 11.8 Å². The van der Waals surface area contributed by atoms with Gasteiger partial charge in [0.15, 0.2) is 0 Å². The predicted octanol–water partition coefficient (Wildman–Crippen LogP) is 2.43. The number of hydrogen-bond donors (Lipinski definition) is 0. The molecule has 1 atom stereocenters. The first-order valence-corrected chi connectivity index (χ1v) is 5.46. The summed E-state index contributed by atoms with van der Waals surface area (Å²) in [4.78, 5) is 2.57. The molecular weight excluding hydrogens is 154 g/mol. The first kappa shape index (κ1) is 9.40. The van der Waals surface area contributed by atoms with Crippen LogP contribution in [0.5, 0.6) is 0 Å². The first-order chi connectivity index (χ1) is 5.05. The number of hydrogen-bond acceptors (Lipinski definition) is 2. The molecule has 0 spiro atoms. The highest BCUT2D eigenvalue weighted by Gasteiger charge is 2.33. The summed E-state index contributed by atoms with van der Waals surface area (Å²) < 4.78 is 0. The lowest BCUT2D eigenvalue weighted by atomic mass is 9.95. The normalized spacial score (nSPS) is 27.8.